The molecular weight excluding hydrogens is 276 g/mol. The number of hydrogen-bond donors (Lipinski definition) is 0. The largest absolute Gasteiger partial charge is 0.465 e. The van der Waals surface area contributed by atoms with Crippen molar-refractivity contribution in [2.24, 2.45) is 10.9 Å². The van der Waals surface area contributed by atoms with Crippen molar-refractivity contribution < 1.29 is 9.53 Å². The Morgan fingerprint density at radius 2 is 1.91 bits per heavy atom. The van der Waals surface area contributed by atoms with Crippen molar-refractivity contribution in [1.82, 2.24) is 4.90 Å². The van der Waals surface area contributed by atoms with Crippen LogP contribution in [-0.4, -0.2) is 36.5 Å². The van der Waals surface area contributed by atoms with Gasteiger partial charge in [0.1, 0.15) is 0 Å². The van der Waals surface area contributed by atoms with E-state index in [1.54, 1.807) is 0 Å². The molecule has 0 saturated carbocycles. The Labute approximate surface area is 133 Å². The molecule has 1 aliphatic rings. The van der Waals surface area contributed by atoms with Crippen molar-refractivity contribution in [2.45, 2.75) is 40.0 Å². The van der Waals surface area contributed by atoms with E-state index in [2.05, 4.69) is 23.7 Å². The molecule has 0 atom stereocenters. The van der Waals surface area contributed by atoms with E-state index in [0.29, 0.717) is 24.1 Å². The molecule has 1 amide bonds. The number of hydrogen-bond acceptors (Lipinski definition) is 2. The van der Waals surface area contributed by atoms with Gasteiger partial charge in [-0.25, -0.2) is 0 Å². The summed E-state index contributed by atoms with van der Waals surface area (Å²) >= 11 is 0. The second-order valence-corrected chi connectivity index (χ2v) is 6.27. The zero-order valence-corrected chi connectivity index (χ0v) is 13.8. The van der Waals surface area contributed by atoms with Crippen LogP contribution in [0, 0.1) is 12.8 Å². The van der Waals surface area contributed by atoms with Crippen LogP contribution in [0.3, 0.4) is 0 Å². The van der Waals surface area contributed by atoms with E-state index in [4.69, 9.17) is 4.74 Å². The van der Waals surface area contributed by atoms with Crippen LogP contribution in [0.25, 0.3) is 0 Å². The van der Waals surface area contributed by atoms with Crippen LogP contribution >= 0.6 is 0 Å². The molecule has 2 rings (SSSR count). The number of benzene rings is 1. The zero-order chi connectivity index (χ0) is 15.9. The van der Waals surface area contributed by atoms with Crippen molar-refractivity contribution in [3.8, 4) is 0 Å². The standard InChI is InChI=1S/C18H26N2O2/c1-14(2)13-22-18(20-11-7-4-8-12-20)19-17(21)16-10-6-5-9-15(16)3/h5-6,9-10,14H,4,7-8,11-13H2,1-3H3. The lowest BCUT2D eigenvalue weighted by Gasteiger charge is -2.29. The molecule has 1 saturated heterocycles. The first-order chi connectivity index (χ1) is 10.6. The maximum atomic E-state index is 12.5. The Balaban J connectivity index is 2.18. The molecule has 1 heterocycles. The van der Waals surface area contributed by atoms with Crippen LogP contribution in [0.15, 0.2) is 29.3 Å². The molecule has 0 unspecified atom stereocenters. The first kappa shape index (κ1) is 16.5. The van der Waals surface area contributed by atoms with Crippen LogP contribution in [0.1, 0.15) is 49.0 Å². The second-order valence-electron chi connectivity index (χ2n) is 6.27. The lowest BCUT2D eigenvalue weighted by atomic mass is 10.1. The fourth-order valence-corrected chi connectivity index (χ4v) is 2.48. The van der Waals surface area contributed by atoms with E-state index in [9.17, 15) is 4.79 Å². The number of nitrogens with zero attached hydrogens (tertiary/aromatic N) is 2. The minimum atomic E-state index is -0.220. The Morgan fingerprint density at radius 3 is 2.55 bits per heavy atom. The van der Waals surface area contributed by atoms with E-state index >= 15 is 0 Å². The number of likely N-dealkylation sites (tertiary alicyclic amines) is 1. The smallest absolute Gasteiger partial charge is 0.295 e. The van der Waals surface area contributed by atoms with Crippen LogP contribution < -0.4 is 0 Å². The Hall–Kier alpha value is -1.84. The SMILES string of the molecule is Cc1ccccc1C(=O)N=C(OCC(C)C)N1CCCCC1. The number of carbonyl (C=O) groups excluding carboxylic acids is 1. The van der Waals surface area contributed by atoms with Gasteiger partial charge in [-0.3, -0.25) is 4.79 Å². The molecule has 0 radical (unpaired) electrons. The zero-order valence-electron chi connectivity index (χ0n) is 13.8. The highest BCUT2D eigenvalue weighted by Gasteiger charge is 2.19. The minimum absolute atomic E-state index is 0.220. The van der Waals surface area contributed by atoms with Crippen LogP contribution in [0.4, 0.5) is 0 Å². The third-order valence-corrected chi connectivity index (χ3v) is 3.75. The first-order valence-electron chi connectivity index (χ1n) is 8.14. The molecule has 1 fully saturated rings. The summed E-state index contributed by atoms with van der Waals surface area (Å²) in [5, 5.41) is 0. The molecule has 22 heavy (non-hydrogen) atoms. The number of aryl methyl sites for hydroxylation is 1. The average Bonchev–Trinajstić information content (AvgIpc) is 2.52. The fraction of sp³-hybridized carbons (Fsp3) is 0.556. The first-order valence-corrected chi connectivity index (χ1v) is 8.14. The fourth-order valence-electron chi connectivity index (χ4n) is 2.48. The van der Waals surface area contributed by atoms with Gasteiger partial charge < -0.3 is 9.64 Å². The van der Waals surface area contributed by atoms with E-state index in [1.165, 1.54) is 6.42 Å². The van der Waals surface area contributed by atoms with Gasteiger partial charge in [0.2, 0.25) is 0 Å². The highest BCUT2D eigenvalue weighted by molar-refractivity contribution is 6.02. The summed E-state index contributed by atoms with van der Waals surface area (Å²) in [5.41, 5.74) is 1.59. The monoisotopic (exact) mass is 302 g/mol. The maximum absolute atomic E-state index is 12.5. The van der Waals surface area contributed by atoms with Crippen molar-refractivity contribution in [3.05, 3.63) is 35.4 Å². The van der Waals surface area contributed by atoms with Gasteiger partial charge >= 0.3 is 0 Å². The quantitative estimate of drug-likeness (QED) is 0.632. The van der Waals surface area contributed by atoms with Crippen molar-refractivity contribution in [1.29, 1.82) is 0 Å². The summed E-state index contributed by atoms with van der Waals surface area (Å²) in [7, 11) is 0. The molecule has 0 aromatic heterocycles. The van der Waals surface area contributed by atoms with Crippen molar-refractivity contribution >= 4 is 11.9 Å². The van der Waals surface area contributed by atoms with E-state index in [1.807, 2.05) is 31.2 Å². The summed E-state index contributed by atoms with van der Waals surface area (Å²) < 4.78 is 5.83. The molecule has 0 spiro atoms. The van der Waals surface area contributed by atoms with Gasteiger partial charge in [0.15, 0.2) is 0 Å². The third kappa shape index (κ3) is 4.58. The number of rotatable bonds is 3. The van der Waals surface area contributed by atoms with Gasteiger partial charge in [0.05, 0.1) is 6.61 Å². The van der Waals surface area contributed by atoms with Crippen LogP contribution in [0.2, 0.25) is 0 Å². The van der Waals surface area contributed by atoms with Crippen molar-refractivity contribution in [3.63, 3.8) is 0 Å². The normalized spacial score (nSPS) is 16.0. The highest BCUT2D eigenvalue weighted by atomic mass is 16.5. The molecule has 4 heteroatoms. The summed E-state index contributed by atoms with van der Waals surface area (Å²) in [6, 6.07) is 8.03. The molecule has 0 aliphatic carbocycles. The number of piperidine rings is 1. The van der Waals surface area contributed by atoms with Crippen molar-refractivity contribution in [2.75, 3.05) is 19.7 Å². The summed E-state index contributed by atoms with van der Waals surface area (Å²) in [4.78, 5) is 18.9. The van der Waals surface area contributed by atoms with Gasteiger partial charge in [0, 0.05) is 18.7 Å². The summed E-state index contributed by atoms with van der Waals surface area (Å²) in [6.07, 6.45) is 3.49. The van der Waals surface area contributed by atoms with Gasteiger partial charge in [-0.2, -0.15) is 4.99 Å². The molecule has 1 aliphatic heterocycles. The van der Waals surface area contributed by atoms with E-state index < -0.39 is 0 Å². The van der Waals surface area contributed by atoms with Crippen LogP contribution in [0.5, 0.6) is 0 Å². The topological polar surface area (TPSA) is 41.9 Å². The molecule has 120 valence electrons. The van der Waals surface area contributed by atoms with Crippen LogP contribution in [-0.2, 0) is 4.74 Å². The summed E-state index contributed by atoms with van der Waals surface area (Å²) in [5.74, 6) is 0.186. The Kier molecular flexibility index (Phi) is 5.99. The number of amides is 1. The molecule has 0 bridgehead atoms. The number of carbonyl (C=O) groups is 1. The van der Waals surface area contributed by atoms with Gasteiger partial charge in [-0.05, 0) is 43.7 Å². The van der Waals surface area contributed by atoms with Gasteiger partial charge in [-0.1, -0.05) is 32.0 Å². The summed E-state index contributed by atoms with van der Waals surface area (Å²) in [6.45, 7) is 8.53. The highest BCUT2D eigenvalue weighted by Crippen LogP contribution is 2.13. The Bertz CT molecular complexity index is 532. The molecule has 1 aromatic carbocycles. The van der Waals surface area contributed by atoms with Gasteiger partial charge in [0.25, 0.3) is 11.9 Å². The van der Waals surface area contributed by atoms with E-state index in [-0.39, 0.29) is 5.91 Å². The molecule has 0 N–H and O–H groups in total. The third-order valence-electron chi connectivity index (χ3n) is 3.75. The lowest BCUT2D eigenvalue weighted by Crippen LogP contribution is -2.38. The van der Waals surface area contributed by atoms with E-state index in [0.717, 1.165) is 31.5 Å². The predicted octanol–water partition coefficient (Wildman–Crippen LogP) is 3.65. The average molecular weight is 302 g/mol. The number of aliphatic imine (C=N–C) groups is 1. The molecule has 4 nitrogen and oxygen atoms in total. The van der Waals surface area contributed by atoms with Gasteiger partial charge in [-0.15, -0.1) is 0 Å². The Morgan fingerprint density at radius 1 is 1.23 bits per heavy atom. The molecule has 1 aromatic rings. The lowest BCUT2D eigenvalue weighted by molar-refractivity contribution is 0.0989. The minimum Gasteiger partial charge on any atom is -0.465 e. The number of ether oxygens (including phenoxy) is 1. The molecular formula is C18H26N2O2. The maximum Gasteiger partial charge on any atom is 0.295 e. The number of amidine groups is 1. The predicted molar refractivity (Wildman–Crippen MR) is 89.2 cm³/mol. The second kappa shape index (κ2) is 7.97.